The van der Waals surface area contributed by atoms with Crippen molar-refractivity contribution in [3.8, 4) is 16.9 Å². The molecule has 0 saturated carbocycles. The topological polar surface area (TPSA) is 89.9 Å². The molecular weight excluding hydrogens is 440 g/mol. The van der Waals surface area contributed by atoms with Crippen molar-refractivity contribution in [1.29, 1.82) is 0 Å². The molecular formula is C29H34N2O4. The number of amides is 1. The van der Waals surface area contributed by atoms with E-state index in [2.05, 4.69) is 65.7 Å². The highest BCUT2D eigenvalue weighted by molar-refractivity contribution is 5.82. The molecule has 3 N–H and O–H groups in total. The van der Waals surface area contributed by atoms with Gasteiger partial charge in [0.2, 0.25) is 5.91 Å². The summed E-state index contributed by atoms with van der Waals surface area (Å²) in [6, 6.07) is 22.2. The molecule has 184 valence electrons. The number of aryl methyl sites for hydroxylation is 2. The summed E-state index contributed by atoms with van der Waals surface area (Å²) in [7, 11) is 0. The van der Waals surface area contributed by atoms with Gasteiger partial charge in [0.25, 0.3) is 6.47 Å². The summed E-state index contributed by atoms with van der Waals surface area (Å²) in [4.78, 5) is 23.7. The molecule has 35 heavy (non-hydrogen) atoms. The van der Waals surface area contributed by atoms with E-state index in [9.17, 15) is 9.90 Å². The normalized spacial score (nSPS) is 16.1. The van der Waals surface area contributed by atoms with Crippen LogP contribution in [0.4, 0.5) is 0 Å². The number of carbonyl (C=O) groups is 2. The monoisotopic (exact) mass is 474 g/mol. The van der Waals surface area contributed by atoms with Crippen LogP contribution in [-0.4, -0.2) is 40.1 Å². The van der Waals surface area contributed by atoms with Gasteiger partial charge in [0.05, 0.1) is 12.1 Å². The van der Waals surface area contributed by atoms with E-state index < -0.39 is 0 Å². The second kappa shape index (κ2) is 12.2. The van der Waals surface area contributed by atoms with Crippen LogP contribution in [0.15, 0.2) is 66.7 Å². The van der Waals surface area contributed by atoms with Crippen molar-refractivity contribution in [2.75, 3.05) is 6.54 Å². The number of hydrogen-bond donors (Lipinski definition) is 3. The minimum absolute atomic E-state index is 0.00801. The molecule has 0 aromatic heterocycles. The third kappa shape index (κ3) is 6.93. The van der Waals surface area contributed by atoms with Gasteiger partial charge in [-0.05, 0) is 86.2 Å². The standard InChI is InChI=1S/C28H32N2O2.CH2O2/c1-19-9-11-23(12-10-19)21(3)29-28(32)27-8-5-15-30(27)18-22-6-4-7-24(17-22)26-14-13-25(31)16-20(26)2;2-1-3/h4,6-7,9-14,16-17,21,27,31H,5,8,15,18H2,1-3H3,(H,29,32);1H,(H,2,3)/t21?,27-;/m1./s1. The lowest BCUT2D eigenvalue weighted by Crippen LogP contribution is -2.43. The number of hydrogen-bond acceptors (Lipinski definition) is 4. The molecule has 1 heterocycles. The molecule has 4 rings (SSSR count). The van der Waals surface area contributed by atoms with Gasteiger partial charge >= 0.3 is 0 Å². The van der Waals surface area contributed by atoms with Crippen molar-refractivity contribution in [2.24, 2.45) is 0 Å². The zero-order valence-electron chi connectivity index (χ0n) is 20.6. The number of likely N-dealkylation sites (tertiary alicyclic amines) is 1. The molecule has 3 aromatic carbocycles. The highest BCUT2D eigenvalue weighted by atomic mass is 16.3. The van der Waals surface area contributed by atoms with Gasteiger partial charge < -0.3 is 15.5 Å². The first-order chi connectivity index (χ1) is 16.8. The largest absolute Gasteiger partial charge is 0.508 e. The van der Waals surface area contributed by atoms with Gasteiger partial charge in [-0.1, -0.05) is 54.1 Å². The molecule has 6 nitrogen and oxygen atoms in total. The fourth-order valence-electron chi connectivity index (χ4n) is 4.60. The van der Waals surface area contributed by atoms with Crippen LogP contribution in [0.1, 0.15) is 48.1 Å². The number of carboxylic acid groups (broad SMARTS) is 1. The van der Waals surface area contributed by atoms with Crippen LogP contribution >= 0.6 is 0 Å². The van der Waals surface area contributed by atoms with E-state index in [1.165, 1.54) is 11.1 Å². The van der Waals surface area contributed by atoms with Gasteiger partial charge in [-0.2, -0.15) is 0 Å². The van der Waals surface area contributed by atoms with Gasteiger partial charge in [0.1, 0.15) is 5.75 Å². The molecule has 6 heteroatoms. The molecule has 3 aromatic rings. The van der Waals surface area contributed by atoms with Gasteiger partial charge in [-0.15, -0.1) is 0 Å². The van der Waals surface area contributed by atoms with Crippen molar-refractivity contribution in [3.63, 3.8) is 0 Å². The van der Waals surface area contributed by atoms with Crippen molar-refractivity contribution >= 4 is 12.4 Å². The number of nitrogens with one attached hydrogen (secondary N) is 1. The van der Waals surface area contributed by atoms with Crippen LogP contribution in [-0.2, 0) is 16.1 Å². The Balaban J connectivity index is 0.00000108. The zero-order valence-corrected chi connectivity index (χ0v) is 20.6. The first-order valence-corrected chi connectivity index (χ1v) is 11.9. The molecule has 2 atom stereocenters. The van der Waals surface area contributed by atoms with Crippen LogP contribution in [0.3, 0.4) is 0 Å². The lowest BCUT2D eigenvalue weighted by Gasteiger charge is -2.26. The second-order valence-electron chi connectivity index (χ2n) is 9.07. The molecule has 0 aliphatic carbocycles. The molecule has 0 bridgehead atoms. The summed E-state index contributed by atoms with van der Waals surface area (Å²) in [5, 5.41) is 19.8. The number of phenols is 1. The lowest BCUT2D eigenvalue weighted by molar-refractivity contribution is -0.126. The highest BCUT2D eigenvalue weighted by Crippen LogP contribution is 2.28. The maximum atomic E-state index is 13.1. The van der Waals surface area contributed by atoms with Crippen LogP contribution < -0.4 is 5.32 Å². The zero-order chi connectivity index (χ0) is 25.4. The molecule has 1 unspecified atom stereocenters. The minimum atomic E-state index is -0.250. The highest BCUT2D eigenvalue weighted by Gasteiger charge is 2.31. The molecule has 1 fully saturated rings. The number of aromatic hydroxyl groups is 1. The van der Waals surface area contributed by atoms with Crippen molar-refractivity contribution in [3.05, 3.63) is 89.0 Å². The number of nitrogens with zero attached hydrogens (tertiary/aromatic N) is 1. The Morgan fingerprint density at radius 1 is 1.11 bits per heavy atom. The fraction of sp³-hybridized carbons (Fsp3) is 0.310. The van der Waals surface area contributed by atoms with Crippen molar-refractivity contribution < 1.29 is 19.8 Å². The van der Waals surface area contributed by atoms with E-state index in [4.69, 9.17) is 9.90 Å². The quantitative estimate of drug-likeness (QED) is 0.426. The van der Waals surface area contributed by atoms with Crippen molar-refractivity contribution in [1.82, 2.24) is 10.2 Å². The summed E-state index contributed by atoms with van der Waals surface area (Å²) < 4.78 is 0. The third-order valence-corrected chi connectivity index (χ3v) is 6.44. The van der Waals surface area contributed by atoms with E-state index in [0.29, 0.717) is 0 Å². The summed E-state index contributed by atoms with van der Waals surface area (Å²) >= 11 is 0. The van der Waals surface area contributed by atoms with Gasteiger partial charge in [0, 0.05) is 6.54 Å². The Morgan fingerprint density at radius 2 is 1.83 bits per heavy atom. The van der Waals surface area contributed by atoms with E-state index in [-0.39, 0.29) is 30.2 Å². The van der Waals surface area contributed by atoms with E-state index in [0.717, 1.165) is 48.2 Å². The third-order valence-electron chi connectivity index (χ3n) is 6.44. The molecule has 0 radical (unpaired) electrons. The summed E-state index contributed by atoms with van der Waals surface area (Å²) in [5.74, 6) is 0.397. The van der Waals surface area contributed by atoms with Crippen LogP contribution in [0.25, 0.3) is 11.1 Å². The smallest absolute Gasteiger partial charge is 0.290 e. The Kier molecular flexibility index (Phi) is 9.04. The molecule has 1 aliphatic heterocycles. The van der Waals surface area contributed by atoms with Crippen LogP contribution in [0.2, 0.25) is 0 Å². The Morgan fingerprint density at radius 3 is 2.51 bits per heavy atom. The van der Waals surface area contributed by atoms with Gasteiger partial charge in [0.15, 0.2) is 0 Å². The first kappa shape index (κ1) is 26.0. The number of benzene rings is 3. The average Bonchev–Trinajstić information content (AvgIpc) is 3.28. The maximum absolute atomic E-state index is 13.1. The summed E-state index contributed by atoms with van der Waals surface area (Å²) in [5.41, 5.74) is 6.84. The van der Waals surface area contributed by atoms with Crippen LogP contribution in [0, 0.1) is 13.8 Å². The number of rotatable bonds is 6. The molecule has 1 amide bonds. The van der Waals surface area contributed by atoms with Crippen molar-refractivity contribution in [2.45, 2.75) is 52.2 Å². The molecule has 1 aliphatic rings. The number of phenolic OH excluding ortho intramolecular Hbond substituents is 1. The lowest BCUT2D eigenvalue weighted by atomic mass is 9.98. The minimum Gasteiger partial charge on any atom is -0.508 e. The van der Waals surface area contributed by atoms with Gasteiger partial charge in [-0.25, -0.2) is 0 Å². The summed E-state index contributed by atoms with van der Waals surface area (Å²) in [6.07, 6.45) is 1.93. The Labute approximate surface area is 207 Å². The molecule has 0 spiro atoms. The fourth-order valence-corrected chi connectivity index (χ4v) is 4.60. The van der Waals surface area contributed by atoms with Crippen LogP contribution in [0.5, 0.6) is 5.75 Å². The molecule has 1 saturated heterocycles. The SMILES string of the molecule is Cc1ccc(C(C)NC(=O)[C@H]2CCCN2Cc2cccc(-c3ccc(O)cc3C)c2)cc1.O=CO. The average molecular weight is 475 g/mol. The van der Waals surface area contributed by atoms with Gasteiger partial charge in [-0.3, -0.25) is 14.5 Å². The van der Waals surface area contributed by atoms with E-state index in [1.54, 1.807) is 12.1 Å². The maximum Gasteiger partial charge on any atom is 0.290 e. The Bertz CT molecular complexity index is 1140. The predicted octanol–water partition coefficient (Wildman–Crippen LogP) is 5.22. The predicted molar refractivity (Wildman–Crippen MR) is 138 cm³/mol. The first-order valence-electron chi connectivity index (χ1n) is 11.9. The second-order valence-corrected chi connectivity index (χ2v) is 9.07. The number of carbonyl (C=O) groups excluding carboxylic acids is 1. The van der Waals surface area contributed by atoms with E-state index in [1.807, 2.05) is 19.9 Å². The van der Waals surface area contributed by atoms with E-state index >= 15 is 0 Å². The Hall–Kier alpha value is -3.64. The summed E-state index contributed by atoms with van der Waals surface area (Å²) in [6.45, 7) is 7.56.